The van der Waals surface area contributed by atoms with Gasteiger partial charge in [-0.1, -0.05) is 49.0 Å². The third-order valence-electron chi connectivity index (χ3n) is 4.49. The fourth-order valence-electron chi connectivity index (χ4n) is 2.84. The van der Waals surface area contributed by atoms with Crippen LogP contribution < -0.4 is 10.1 Å². The molecule has 0 aliphatic rings. The zero-order valence-electron chi connectivity index (χ0n) is 17.3. The summed E-state index contributed by atoms with van der Waals surface area (Å²) in [5, 5.41) is 3.08. The summed E-state index contributed by atoms with van der Waals surface area (Å²) in [4.78, 5) is 30.5. The van der Waals surface area contributed by atoms with E-state index in [2.05, 4.69) is 10.3 Å². The van der Waals surface area contributed by atoms with Crippen LogP contribution in [0.1, 0.15) is 24.9 Å². The van der Waals surface area contributed by atoms with Crippen molar-refractivity contribution in [2.24, 2.45) is 0 Å². The highest BCUT2D eigenvalue weighted by Crippen LogP contribution is 2.30. The molecule has 0 saturated heterocycles. The minimum absolute atomic E-state index is 0.0398. The smallest absolute Gasteiger partial charge is 0.259 e. The first kappa shape index (κ1) is 22.1. The van der Waals surface area contributed by atoms with Gasteiger partial charge in [-0.25, -0.2) is 4.98 Å². The molecule has 3 rings (SSSR count). The fraction of sp³-hybridized carbons (Fsp3) is 0.318. The lowest BCUT2D eigenvalue weighted by Crippen LogP contribution is -2.31. The van der Waals surface area contributed by atoms with Crippen LogP contribution in [0.5, 0.6) is 5.75 Å². The van der Waals surface area contributed by atoms with Gasteiger partial charge in [0.15, 0.2) is 10.9 Å². The van der Waals surface area contributed by atoms with Crippen LogP contribution in [0.2, 0.25) is 0 Å². The Kier molecular flexibility index (Phi) is 7.70. The second kappa shape index (κ2) is 10.4. The molecule has 0 spiro atoms. The second-order valence-corrected chi connectivity index (χ2v) is 9.13. The van der Waals surface area contributed by atoms with E-state index in [1.807, 2.05) is 55.5 Å². The highest BCUT2D eigenvalue weighted by atomic mass is 32.2. The van der Waals surface area contributed by atoms with Crippen molar-refractivity contribution in [2.75, 3.05) is 26.5 Å². The number of nitrogens with zero attached hydrogens (tertiary/aromatic N) is 2. The Bertz CT molecular complexity index is 987. The number of carbonyl (C=O) groups is 2. The van der Waals surface area contributed by atoms with Crippen LogP contribution in [0, 0.1) is 0 Å². The number of thiazole rings is 1. The van der Waals surface area contributed by atoms with Crippen molar-refractivity contribution in [3.8, 4) is 5.75 Å². The Morgan fingerprint density at radius 2 is 1.90 bits per heavy atom. The van der Waals surface area contributed by atoms with Crippen molar-refractivity contribution in [1.29, 1.82) is 0 Å². The van der Waals surface area contributed by atoms with Crippen molar-refractivity contribution in [3.63, 3.8) is 0 Å². The van der Waals surface area contributed by atoms with Gasteiger partial charge < -0.3 is 15.0 Å². The number of nitrogens with one attached hydrogen (secondary N) is 1. The first-order valence-corrected chi connectivity index (χ1v) is 11.5. The Morgan fingerprint density at radius 1 is 1.17 bits per heavy atom. The highest BCUT2D eigenvalue weighted by molar-refractivity contribution is 8.01. The number of rotatable bonds is 9. The summed E-state index contributed by atoms with van der Waals surface area (Å²) in [5.74, 6) is 0.719. The number of fused-ring (bicyclic) bond motifs is 1. The molecule has 0 aliphatic heterocycles. The van der Waals surface area contributed by atoms with E-state index in [0.29, 0.717) is 17.9 Å². The number of thioether (sulfide) groups is 1. The molecule has 8 heteroatoms. The maximum absolute atomic E-state index is 12.6. The van der Waals surface area contributed by atoms with E-state index < -0.39 is 0 Å². The predicted octanol–water partition coefficient (Wildman–Crippen LogP) is 4.12. The lowest BCUT2D eigenvalue weighted by atomic mass is 10.0. The molecule has 2 amide bonds. The molecule has 1 atom stereocenters. The minimum Gasteiger partial charge on any atom is -0.483 e. The van der Waals surface area contributed by atoms with Crippen LogP contribution in [0.4, 0.5) is 0 Å². The number of likely N-dealkylation sites (N-methyl/N-ethyl adjacent to an activating group) is 1. The largest absolute Gasteiger partial charge is 0.483 e. The summed E-state index contributed by atoms with van der Waals surface area (Å²) in [7, 11) is 3.38. The Hall–Kier alpha value is -2.58. The molecule has 2 aromatic carbocycles. The van der Waals surface area contributed by atoms with Gasteiger partial charge in [-0.05, 0) is 24.6 Å². The predicted molar refractivity (Wildman–Crippen MR) is 122 cm³/mol. The SMILES string of the molecule is CCC(NC(=O)CSc1nc2ccccc2s1)c1ccccc1OCC(=O)N(C)C. The Morgan fingerprint density at radius 3 is 2.63 bits per heavy atom. The molecule has 1 N–H and O–H groups in total. The average Bonchev–Trinajstić information content (AvgIpc) is 3.17. The van der Waals surface area contributed by atoms with Crippen molar-refractivity contribution in [3.05, 3.63) is 54.1 Å². The first-order chi connectivity index (χ1) is 14.5. The molecule has 0 fully saturated rings. The molecule has 0 radical (unpaired) electrons. The molecular formula is C22H25N3O3S2. The molecule has 1 unspecified atom stereocenters. The standard InChI is InChI=1S/C22H25N3O3S2/c1-4-16(15-9-5-7-11-18(15)28-13-21(27)25(2)3)23-20(26)14-29-22-24-17-10-6-8-12-19(17)30-22/h5-12,16H,4,13-14H2,1-3H3,(H,23,26). The number of amides is 2. The van der Waals surface area contributed by atoms with Crippen LogP contribution in [0.3, 0.4) is 0 Å². The van der Waals surface area contributed by atoms with Gasteiger partial charge in [-0.3, -0.25) is 9.59 Å². The lowest BCUT2D eigenvalue weighted by molar-refractivity contribution is -0.130. The van der Waals surface area contributed by atoms with E-state index in [9.17, 15) is 9.59 Å². The highest BCUT2D eigenvalue weighted by Gasteiger charge is 2.18. The van der Waals surface area contributed by atoms with Gasteiger partial charge in [0, 0.05) is 19.7 Å². The topological polar surface area (TPSA) is 71.5 Å². The fourth-order valence-corrected chi connectivity index (χ4v) is 4.72. The quantitative estimate of drug-likeness (QED) is 0.504. The van der Waals surface area contributed by atoms with Crippen molar-refractivity contribution >= 4 is 45.1 Å². The molecule has 0 aliphatic carbocycles. The number of aromatic nitrogens is 1. The number of para-hydroxylation sites is 2. The normalized spacial score (nSPS) is 11.8. The van der Waals surface area contributed by atoms with Gasteiger partial charge in [0.05, 0.1) is 22.0 Å². The van der Waals surface area contributed by atoms with E-state index in [0.717, 1.165) is 20.1 Å². The molecule has 1 aromatic heterocycles. The van der Waals surface area contributed by atoms with Gasteiger partial charge in [0.1, 0.15) is 5.75 Å². The van der Waals surface area contributed by atoms with Crippen LogP contribution in [-0.2, 0) is 9.59 Å². The Balaban J connectivity index is 1.61. The molecule has 30 heavy (non-hydrogen) atoms. The van der Waals surface area contributed by atoms with Crippen molar-refractivity contribution in [2.45, 2.75) is 23.7 Å². The number of hydrogen-bond donors (Lipinski definition) is 1. The molecule has 0 bridgehead atoms. The Labute approximate surface area is 184 Å². The number of benzene rings is 2. The van der Waals surface area contributed by atoms with Gasteiger partial charge in [0.25, 0.3) is 5.91 Å². The third-order valence-corrected chi connectivity index (χ3v) is 6.67. The van der Waals surface area contributed by atoms with Crippen LogP contribution in [0.25, 0.3) is 10.2 Å². The maximum Gasteiger partial charge on any atom is 0.259 e. The molecule has 3 aromatic rings. The average molecular weight is 444 g/mol. The van der Waals surface area contributed by atoms with Crippen molar-refractivity contribution in [1.82, 2.24) is 15.2 Å². The summed E-state index contributed by atoms with van der Waals surface area (Å²) in [6, 6.07) is 15.3. The summed E-state index contributed by atoms with van der Waals surface area (Å²) in [6.45, 7) is 1.97. The lowest BCUT2D eigenvalue weighted by Gasteiger charge is -2.21. The molecule has 1 heterocycles. The molecular weight excluding hydrogens is 418 g/mol. The zero-order valence-corrected chi connectivity index (χ0v) is 18.9. The van der Waals surface area contributed by atoms with Gasteiger partial charge in [-0.15, -0.1) is 11.3 Å². The van der Waals surface area contributed by atoms with E-state index in [-0.39, 0.29) is 24.5 Å². The van der Waals surface area contributed by atoms with Gasteiger partial charge in [-0.2, -0.15) is 0 Å². The number of hydrogen-bond acceptors (Lipinski definition) is 6. The van der Waals surface area contributed by atoms with E-state index in [1.54, 1.807) is 25.4 Å². The second-order valence-electron chi connectivity index (χ2n) is 6.88. The summed E-state index contributed by atoms with van der Waals surface area (Å²) in [5.41, 5.74) is 1.82. The first-order valence-electron chi connectivity index (χ1n) is 9.67. The number of ether oxygens (including phenoxy) is 1. The summed E-state index contributed by atoms with van der Waals surface area (Å²) < 4.78 is 7.73. The third kappa shape index (κ3) is 5.73. The van der Waals surface area contributed by atoms with Crippen LogP contribution >= 0.6 is 23.1 Å². The monoisotopic (exact) mass is 443 g/mol. The van der Waals surface area contributed by atoms with E-state index >= 15 is 0 Å². The summed E-state index contributed by atoms with van der Waals surface area (Å²) in [6.07, 6.45) is 0.708. The van der Waals surface area contributed by atoms with Crippen LogP contribution in [-0.4, -0.2) is 48.2 Å². The maximum atomic E-state index is 12.6. The molecule has 0 saturated carbocycles. The van der Waals surface area contributed by atoms with Crippen LogP contribution in [0.15, 0.2) is 52.9 Å². The molecule has 158 valence electrons. The minimum atomic E-state index is -0.195. The zero-order chi connectivity index (χ0) is 21.5. The molecule has 6 nitrogen and oxygen atoms in total. The number of carbonyl (C=O) groups excluding carboxylic acids is 2. The van der Waals surface area contributed by atoms with Crippen molar-refractivity contribution < 1.29 is 14.3 Å². The summed E-state index contributed by atoms with van der Waals surface area (Å²) >= 11 is 3.03. The van der Waals surface area contributed by atoms with Gasteiger partial charge >= 0.3 is 0 Å². The van der Waals surface area contributed by atoms with Gasteiger partial charge in [0.2, 0.25) is 5.91 Å². The van der Waals surface area contributed by atoms with E-state index in [1.165, 1.54) is 16.7 Å². The van der Waals surface area contributed by atoms with E-state index in [4.69, 9.17) is 4.74 Å².